The van der Waals surface area contributed by atoms with Crippen molar-refractivity contribution in [1.29, 1.82) is 0 Å². The van der Waals surface area contributed by atoms with Crippen LogP contribution in [0.3, 0.4) is 0 Å². The quantitative estimate of drug-likeness (QED) is 0.602. The Morgan fingerprint density at radius 2 is 2.04 bits per heavy atom. The minimum atomic E-state index is -0.954. The average Bonchev–Trinajstić information content (AvgIpc) is 2.56. The minimum Gasteiger partial charge on any atom is -0.467 e. The number of rotatable bonds is 2. The number of benzene rings is 2. The van der Waals surface area contributed by atoms with E-state index in [0.717, 1.165) is 15.8 Å². The Bertz CT molecular complexity index is 908. The van der Waals surface area contributed by atoms with Crippen LogP contribution in [-0.4, -0.2) is 16.7 Å². The van der Waals surface area contributed by atoms with Crippen molar-refractivity contribution >= 4 is 56.5 Å². The molecule has 3 unspecified atom stereocenters. The van der Waals surface area contributed by atoms with E-state index in [9.17, 15) is 4.79 Å². The maximum Gasteiger partial charge on any atom is 0.236 e. The Labute approximate surface area is 169 Å². The molecule has 0 radical (unpaired) electrons. The molecule has 0 aromatic heterocycles. The van der Waals surface area contributed by atoms with Gasteiger partial charge >= 0.3 is 0 Å². The van der Waals surface area contributed by atoms with E-state index in [1.807, 2.05) is 25.1 Å². The minimum absolute atomic E-state index is 0.173. The molecule has 2 aromatic rings. The van der Waals surface area contributed by atoms with Crippen molar-refractivity contribution in [2.45, 2.75) is 18.7 Å². The van der Waals surface area contributed by atoms with Crippen LogP contribution in [-0.2, 0) is 4.79 Å². The molecule has 26 heavy (non-hydrogen) atoms. The normalized spacial score (nSPS) is 26.0. The molecule has 0 saturated carbocycles. The van der Waals surface area contributed by atoms with Gasteiger partial charge in [0, 0.05) is 20.7 Å². The summed E-state index contributed by atoms with van der Waals surface area (Å²) in [6.07, 6.45) is 0. The Balaban J connectivity index is 1.71. The molecule has 8 heteroatoms. The third kappa shape index (κ3) is 3.04. The smallest absolute Gasteiger partial charge is 0.236 e. The van der Waals surface area contributed by atoms with Gasteiger partial charge in [-0.05, 0) is 61.6 Å². The first-order chi connectivity index (χ1) is 12.4. The van der Waals surface area contributed by atoms with E-state index in [-0.39, 0.29) is 11.9 Å². The maximum atomic E-state index is 13.1. The summed E-state index contributed by atoms with van der Waals surface area (Å²) in [6.45, 7) is 1.84. The summed E-state index contributed by atoms with van der Waals surface area (Å²) in [4.78, 5) is 13.1. The van der Waals surface area contributed by atoms with Gasteiger partial charge in [0.1, 0.15) is 11.7 Å². The predicted octanol–water partition coefficient (Wildman–Crippen LogP) is 3.98. The van der Waals surface area contributed by atoms with Gasteiger partial charge in [-0.25, -0.2) is 0 Å². The zero-order valence-corrected chi connectivity index (χ0v) is 16.8. The number of carbonyl (C=O) groups excluding carboxylic acids is 1. The van der Waals surface area contributed by atoms with Crippen LogP contribution >= 0.6 is 39.7 Å². The van der Waals surface area contributed by atoms with Gasteiger partial charge in [-0.3, -0.25) is 4.79 Å². The molecule has 134 valence electrons. The van der Waals surface area contributed by atoms with Gasteiger partial charge in [0.05, 0.1) is 6.04 Å². The molecule has 2 aliphatic heterocycles. The van der Waals surface area contributed by atoms with Crippen molar-refractivity contribution in [1.82, 2.24) is 10.6 Å². The Morgan fingerprint density at radius 1 is 1.31 bits per heavy atom. The monoisotopic (exact) mass is 451 g/mol. The standard InChI is InChI=1S/C18H15BrClN3O2S/c1-18-14(16(24)21-11-5-3-10(20)4-6-11)15(22-17(26)23-18)12-8-9(19)2-7-13(12)25-18/h2-8,14-15H,1H3,(H,21,24)(H2,22,23,26). The number of amides is 1. The van der Waals surface area contributed by atoms with Crippen LogP contribution in [0.4, 0.5) is 5.69 Å². The van der Waals surface area contributed by atoms with Crippen LogP contribution in [0.1, 0.15) is 18.5 Å². The number of carbonyl (C=O) groups is 1. The highest BCUT2D eigenvalue weighted by atomic mass is 79.9. The summed E-state index contributed by atoms with van der Waals surface area (Å²) in [5, 5.41) is 10.3. The van der Waals surface area contributed by atoms with Crippen molar-refractivity contribution in [2.24, 2.45) is 5.92 Å². The highest BCUT2D eigenvalue weighted by molar-refractivity contribution is 9.10. The maximum absolute atomic E-state index is 13.1. The molecular weight excluding hydrogens is 438 g/mol. The van der Waals surface area contributed by atoms with Gasteiger partial charge in [0.25, 0.3) is 0 Å². The molecule has 3 N–H and O–H groups in total. The van der Waals surface area contributed by atoms with E-state index in [1.54, 1.807) is 24.3 Å². The van der Waals surface area contributed by atoms with E-state index in [4.69, 9.17) is 28.6 Å². The Hall–Kier alpha value is -1.83. The summed E-state index contributed by atoms with van der Waals surface area (Å²) >= 11 is 14.7. The van der Waals surface area contributed by atoms with Crippen molar-refractivity contribution in [2.75, 3.05) is 5.32 Å². The fraction of sp³-hybridized carbons (Fsp3) is 0.222. The van der Waals surface area contributed by atoms with E-state index in [0.29, 0.717) is 15.8 Å². The van der Waals surface area contributed by atoms with Crippen LogP contribution in [0.2, 0.25) is 5.02 Å². The largest absolute Gasteiger partial charge is 0.467 e. The SMILES string of the molecule is CC12NC(=S)NC(c3cc(Br)ccc3O1)C2C(=O)Nc1ccc(Cl)cc1. The van der Waals surface area contributed by atoms with Gasteiger partial charge in [-0.2, -0.15) is 0 Å². The number of nitrogens with one attached hydrogen (secondary N) is 3. The predicted molar refractivity (Wildman–Crippen MR) is 108 cm³/mol. The van der Waals surface area contributed by atoms with E-state index in [2.05, 4.69) is 31.9 Å². The first-order valence-electron chi connectivity index (χ1n) is 7.99. The fourth-order valence-corrected chi connectivity index (χ4v) is 4.30. The lowest BCUT2D eigenvalue weighted by molar-refractivity contribution is -0.132. The third-order valence-corrected chi connectivity index (χ3v) is 5.56. The number of halogens is 2. The van der Waals surface area contributed by atoms with E-state index in [1.165, 1.54) is 0 Å². The second kappa shape index (κ2) is 6.40. The van der Waals surface area contributed by atoms with Crippen LogP contribution in [0, 0.1) is 5.92 Å². The zero-order valence-electron chi connectivity index (χ0n) is 13.7. The molecule has 2 heterocycles. The molecule has 0 spiro atoms. The van der Waals surface area contributed by atoms with Gasteiger partial charge in [-0.1, -0.05) is 27.5 Å². The molecule has 2 aromatic carbocycles. The first kappa shape index (κ1) is 17.6. The number of fused-ring (bicyclic) bond motifs is 4. The lowest BCUT2D eigenvalue weighted by atomic mass is 9.80. The summed E-state index contributed by atoms with van der Waals surface area (Å²) in [5.41, 5.74) is 0.602. The van der Waals surface area contributed by atoms with E-state index >= 15 is 0 Å². The average molecular weight is 453 g/mol. The Morgan fingerprint density at radius 3 is 2.77 bits per heavy atom. The molecule has 4 rings (SSSR count). The van der Waals surface area contributed by atoms with Crippen molar-refractivity contribution < 1.29 is 9.53 Å². The molecule has 5 nitrogen and oxygen atoms in total. The molecule has 1 saturated heterocycles. The molecule has 2 aliphatic rings. The topological polar surface area (TPSA) is 62.4 Å². The Kier molecular flexibility index (Phi) is 4.33. The summed E-state index contributed by atoms with van der Waals surface area (Å²) in [5.74, 6) is 0.0124. The number of hydrogen-bond donors (Lipinski definition) is 3. The lowest BCUT2D eigenvalue weighted by Crippen LogP contribution is -2.70. The van der Waals surface area contributed by atoms with Crippen LogP contribution < -0.4 is 20.7 Å². The highest BCUT2D eigenvalue weighted by Gasteiger charge is 2.54. The first-order valence-corrected chi connectivity index (χ1v) is 9.57. The number of hydrogen-bond acceptors (Lipinski definition) is 3. The fourth-order valence-electron chi connectivity index (χ4n) is 3.47. The molecule has 0 aliphatic carbocycles. The highest BCUT2D eigenvalue weighted by Crippen LogP contribution is 2.45. The van der Waals surface area contributed by atoms with Crippen molar-refractivity contribution in [3.63, 3.8) is 0 Å². The van der Waals surface area contributed by atoms with Crippen LogP contribution in [0.15, 0.2) is 46.9 Å². The molecule has 1 fully saturated rings. The van der Waals surface area contributed by atoms with Gasteiger partial charge in [0.15, 0.2) is 10.8 Å². The second-order valence-electron chi connectivity index (χ2n) is 6.44. The summed E-state index contributed by atoms with van der Waals surface area (Å²) < 4.78 is 7.07. The number of thiocarbonyl (C=S) groups is 1. The van der Waals surface area contributed by atoms with Gasteiger partial charge in [0.2, 0.25) is 5.91 Å². The van der Waals surface area contributed by atoms with Gasteiger partial charge < -0.3 is 20.7 Å². The van der Waals surface area contributed by atoms with Crippen molar-refractivity contribution in [3.05, 3.63) is 57.5 Å². The van der Waals surface area contributed by atoms with Gasteiger partial charge in [-0.15, -0.1) is 0 Å². The number of anilines is 1. The molecule has 1 amide bonds. The van der Waals surface area contributed by atoms with E-state index < -0.39 is 11.6 Å². The lowest BCUT2D eigenvalue weighted by Gasteiger charge is -2.50. The summed E-state index contributed by atoms with van der Waals surface area (Å²) in [6, 6.07) is 12.4. The van der Waals surface area contributed by atoms with Crippen LogP contribution in [0.25, 0.3) is 0 Å². The molecule has 2 bridgehead atoms. The molecular formula is C18H15BrClN3O2S. The van der Waals surface area contributed by atoms with Crippen molar-refractivity contribution in [3.8, 4) is 5.75 Å². The third-order valence-electron chi connectivity index (χ3n) is 4.60. The zero-order chi connectivity index (χ0) is 18.5. The summed E-state index contributed by atoms with van der Waals surface area (Å²) in [7, 11) is 0. The molecule has 3 atom stereocenters. The van der Waals surface area contributed by atoms with Crippen LogP contribution in [0.5, 0.6) is 5.75 Å². The second-order valence-corrected chi connectivity index (χ2v) is 8.20. The number of ether oxygens (including phenoxy) is 1.